The van der Waals surface area contributed by atoms with Crippen molar-refractivity contribution in [2.45, 2.75) is 37.2 Å². The fourth-order valence-corrected chi connectivity index (χ4v) is 4.72. The molecule has 0 saturated carbocycles. The van der Waals surface area contributed by atoms with Crippen LogP contribution in [0.4, 0.5) is 4.79 Å². The Kier molecular flexibility index (Phi) is 7.11. The standard InChI is InChI=1S/C21H27N3O4S/c1-28-19-9-5-17(6-10-19)15-22-21(25)23-16-18-7-11-20(12-8-18)29(26,27)24-13-3-2-4-14-24/h5-12H,2-4,13-16H2,1H3,(H2,22,23,25). The van der Waals surface area contributed by atoms with Crippen LogP contribution in [0.25, 0.3) is 0 Å². The van der Waals surface area contributed by atoms with E-state index in [0.29, 0.717) is 31.1 Å². The highest BCUT2D eigenvalue weighted by Crippen LogP contribution is 2.20. The molecule has 1 heterocycles. The summed E-state index contributed by atoms with van der Waals surface area (Å²) in [6.07, 6.45) is 2.90. The second kappa shape index (κ2) is 9.76. The summed E-state index contributed by atoms with van der Waals surface area (Å²) >= 11 is 0. The summed E-state index contributed by atoms with van der Waals surface area (Å²) in [5.74, 6) is 0.768. The average Bonchev–Trinajstić information content (AvgIpc) is 2.77. The molecule has 0 bridgehead atoms. The van der Waals surface area contributed by atoms with Gasteiger partial charge in [-0.25, -0.2) is 13.2 Å². The lowest BCUT2D eigenvalue weighted by Gasteiger charge is -2.25. The van der Waals surface area contributed by atoms with E-state index >= 15 is 0 Å². The van der Waals surface area contributed by atoms with Gasteiger partial charge in [-0.15, -0.1) is 0 Å². The summed E-state index contributed by atoms with van der Waals surface area (Å²) in [7, 11) is -1.82. The smallest absolute Gasteiger partial charge is 0.315 e. The van der Waals surface area contributed by atoms with Crippen LogP contribution < -0.4 is 15.4 Å². The first-order chi connectivity index (χ1) is 14.0. The summed E-state index contributed by atoms with van der Waals surface area (Å²) in [5, 5.41) is 5.57. The number of nitrogens with one attached hydrogen (secondary N) is 2. The first-order valence-electron chi connectivity index (χ1n) is 9.73. The van der Waals surface area contributed by atoms with Crippen LogP contribution in [-0.2, 0) is 23.1 Å². The molecule has 0 aliphatic carbocycles. The normalized spacial score (nSPS) is 14.9. The van der Waals surface area contributed by atoms with Crippen molar-refractivity contribution >= 4 is 16.1 Å². The number of nitrogens with zero attached hydrogens (tertiary/aromatic N) is 1. The molecule has 0 unspecified atom stereocenters. The van der Waals surface area contributed by atoms with Crippen LogP contribution >= 0.6 is 0 Å². The highest BCUT2D eigenvalue weighted by Gasteiger charge is 2.25. The van der Waals surface area contributed by atoms with Gasteiger partial charge in [0.15, 0.2) is 0 Å². The molecule has 0 atom stereocenters. The van der Waals surface area contributed by atoms with Gasteiger partial charge in [-0.05, 0) is 48.2 Å². The van der Waals surface area contributed by atoms with Gasteiger partial charge in [-0.3, -0.25) is 0 Å². The van der Waals surface area contributed by atoms with Gasteiger partial charge in [0, 0.05) is 26.2 Å². The first kappa shape index (κ1) is 21.1. The van der Waals surface area contributed by atoms with Crippen molar-refractivity contribution in [1.82, 2.24) is 14.9 Å². The molecule has 0 radical (unpaired) electrons. The van der Waals surface area contributed by atoms with Gasteiger partial charge < -0.3 is 15.4 Å². The van der Waals surface area contributed by atoms with Gasteiger partial charge in [0.25, 0.3) is 0 Å². The molecular weight excluding hydrogens is 390 g/mol. The van der Waals surface area contributed by atoms with E-state index in [1.165, 1.54) is 0 Å². The predicted molar refractivity (Wildman–Crippen MR) is 111 cm³/mol. The van der Waals surface area contributed by atoms with Crippen molar-refractivity contribution in [2.24, 2.45) is 0 Å². The van der Waals surface area contributed by atoms with Gasteiger partial charge in [0.2, 0.25) is 10.0 Å². The van der Waals surface area contributed by atoms with Crippen LogP contribution in [-0.4, -0.2) is 39.0 Å². The number of amides is 2. The Labute approximate surface area is 172 Å². The number of urea groups is 1. The summed E-state index contributed by atoms with van der Waals surface area (Å²) in [5.41, 5.74) is 1.80. The molecule has 1 saturated heterocycles. The minimum absolute atomic E-state index is 0.286. The second-order valence-electron chi connectivity index (χ2n) is 6.99. The fraction of sp³-hybridized carbons (Fsp3) is 0.381. The zero-order chi connectivity index (χ0) is 20.7. The lowest BCUT2D eigenvalue weighted by molar-refractivity contribution is 0.240. The molecule has 1 fully saturated rings. The molecule has 2 aromatic carbocycles. The molecular formula is C21H27N3O4S. The second-order valence-corrected chi connectivity index (χ2v) is 8.93. The summed E-state index contributed by atoms with van der Waals surface area (Å²) in [6, 6.07) is 13.9. The number of hydrogen-bond donors (Lipinski definition) is 2. The molecule has 1 aliphatic heterocycles. The first-order valence-corrected chi connectivity index (χ1v) is 11.2. The van der Waals surface area contributed by atoms with Crippen molar-refractivity contribution < 1.29 is 17.9 Å². The third-order valence-corrected chi connectivity index (χ3v) is 6.85. The third kappa shape index (κ3) is 5.71. The SMILES string of the molecule is COc1ccc(CNC(=O)NCc2ccc(S(=O)(=O)N3CCCCC3)cc2)cc1. The van der Waals surface area contributed by atoms with Crippen LogP contribution in [0.1, 0.15) is 30.4 Å². The number of methoxy groups -OCH3 is 1. The number of piperidine rings is 1. The Hall–Kier alpha value is -2.58. The maximum Gasteiger partial charge on any atom is 0.315 e. The van der Waals surface area contributed by atoms with Crippen LogP contribution in [0.3, 0.4) is 0 Å². The molecule has 2 amide bonds. The predicted octanol–water partition coefficient (Wildman–Crippen LogP) is 2.87. The lowest BCUT2D eigenvalue weighted by atomic mass is 10.2. The lowest BCUT2D eigenvalue weighted by Crippen LogP contribution is -2.35. The maximum atomic E-state index is 12.7. The van der Waals surface area contributed by atoms with Crippen molar-refractivity contribution in [3.05, 3.63) is 59.7 Å². The number of sulfonamides is 1. The molecule has 8 heteroatoms. The number of carbonyl (C=O) groups excluding carboxylic acids is 1. The summed E-state index contributed by atoms with van der Waals surface area (Å²) in [6.45, 7) is 1.89. The fourth-order valence-electron chi connectivity index (χ4n) is 3.20. The summed E-state index contributed by atoms with van der Waals surface area (Å²) < 4.78 is 32.0. The van der Waals surface area contributed by atoms with Crippen molar-refractivity contribution in [2.75, 3.05) is 20.2 Å². The van der Waals surface area contributed by atoms with Gasteiger partial charge in [-0.1, -0.05) is 30.7 Å². The molecule has 2 aromatic rings. The molecule has 156 valence electrons. The molecule has 2 N–H and O–H groups in total. The van der Waals surface area contributed by atoms with Gasteiger partial charge in [0.1, 0.15) is 5.75 Å². The van der Waals surface area contributed by atoms with E-state index in [0.717, 1.165) is 36.1 Å². The molecule has 0 aromatic heterocycles. The minimum atomic E-state index is -3.43. The van der Waals surface area contributed by atoms with Crippen LogP contribution in [0, 0.1) is 0 Å². The van der Waals surface area contributed by atoms with Gasteiger partial charge in [0.05, 0.1) is 12.0 Å². The van der Waals surface area contributed by atoms with E-state index < -0.39 is 10.0 Å². The zero-order valence-corrected chi connectivity index (χ0v) is 17.4. The minimum Gasteiger partial charge on any atom is -0.497 e. The molecule has 7 nitrogen and oxygen atoms in total. The van der Waals surface area contributed by atoms with E-state index in [9.17, 15) is 13.2 Å². The largest absolute Gasteiger partial charge is 0.497 e. The Balaban J connectivity index is 1.48. The topological polar surface area (TPSA) is 87.7 Å². The average molecular weight is 418 g/mol. The quantitative estimate of drug-likeness (QED) is 0.725. The van der Waals surface area contributed by atoms with E-state index in [1.807, 2.05) is 24.3 Å². The highest BCUT2D eigenvalue weighted by atomic mass is 32.2. The number of benzene rings is 2. The van der Waals surface area contributed by atoms with E-state index in [2.05, 4.69) is 10.6 Å². The maximum absolute atomic E-state index is 12.7. The zero-order valence-electron chi connectivity index (χ0n) is 16.6. The molecule has 3 rings (SSSR count). The summed E-state index contributed by atoms with van der Waals surface area (Å²) in [4.78, 5) is 12.3. The van der Waals surface area contributed by atoms with Gasteiger partial charge >= 0.3 is 6.03 Å². The van der Waals surface area contributed by atoms with Crippen LogP contribution in [0.2, 0.25) is 0 Å². The number of hydrogen-bond acceptors (Lipinski definition) is 4. The molecule has 0 spiro atoms. The highest BCUT2D eigenvalue weighted by molar-refractivity contribution is 7.89. The van der Waals surface area contributed by atoms with E-state index in [4.69, 9.17) is 4.74 Å². The Morgan fingerprint density at radius 3 is 1.93 bits per heavy atom. The van der Waals surface area contributed by atoms with E-state index in [1.54, 1.807) is 35.7 Å². The van der Waals surface area contributed by atoms with Crippen molar-refractivity contribution in [1.29, 1.82) is 0 Å². The van der Waals surface area contributed by atoms with Crippen LogP contribution in [0.5, 0.6) is 5.75 Å². The number of carbonyl (C=O) groups is 1. The van der Waals surface area contributed by atoms with Crippen molar-refractivity contribution in [3.8, 4) is 5.75 Å². The Morgan fingerprint density at radius 1 is 0.897 bits per heavy atom. The third-order valence-electron chi connectivity index (χ3n) is 4.94. The monoisotopic (exact) mass is 417 g/mol. The molecule has 1 aliphatic rings. The molecule has 29 heavy (non-hydrogen) atoms. The Morgan fingerprint density at radius 2 is 1.41 bits per heavy atom. The van der Waals surface area contributed by atoms with Gasteiger partial charge in [-0.2, -0.15) is 4.31 Å². The number of rotatable bonds is 7. The van der Waals surface area contributed by atoms with Crippen molar-refractivity contribution in [3.63, 3.8) is 0 Å². The van der Waals surface area contributed by atoms with Crippen LogP contribution in [0.15, 0.2) is 53.4 Å². The van der Waals surface area contributed by atoms with E-state index in [-0.39, 0.29) is 6.03 Å². The number of ether oxygens (including phenoxy) is 1. The Bertz CT molecular complexity index is 906.